The van der Waals surface area contributed by atoms with Gasteiger partial charge in [-0.05, 0) is 23.8 Å². The van der Waals surface area contributed by atoms with Gasteiger partial charge in [-0.3, -0.25) is 9.78 Å². The number of nitrogens with zero attached hydrogens (tertiary/aromatic N) is 2. The number of ether oxygens (including phenoxy) is 1. The molecule has 0 saturated heterocycles. The number of carbonyl (C=O) groups is 2. The van der Waals surface area contributed by atoms with Crippen LogP contribution in [0.1, 0.15) is 21.5 Å². The Kier molecular flexibility index (Phi) is 5.42. The van der Waals surface area contributed by atoms with Gasteiger partial charge in [-0.2, -0.15) is 5.26 Å². The van der Waals surface area contributed by atoms with Crippen molar-refractivity contribution in [2.45, 2.75) is 12.5 Å². The van der Waals surface area contributed by atoms with Crippen molar-refractivity contribution in [3.63, 3.8) is 0 Å². The summed E-state index contributed by atoms with van der Waals surface area (Å²) in [5, 5.41) is 11.7. The lowest BCUT2D eigenvalue weighted by Crippen LogP contribution is -2.43. The molecular weight excluding hydrogens is 294 g/mol. The molecule has 0 fully saturated rings. The first-order valence-electron chi connectivity index (χ1n) is 6.92. The second-order valence-electron chi connectivity index (χ2n) is 4.76. The Labute approximate surface area is 133 Å². The Morgan fingerprint density at radius 3 is 2.74 bits per heavy atom. The highest BCUT2D eigenvalue weighted by molar-refractivity contribution is 5.96. The molecule has 0 radical (unpaired) electrons. The lowest BCUT2D eigenvalue weighted by atomic mass is 10.0. The van der Waals surface area contributed by atoms with Crippen molar-refractivity contribution in [3.8, 4) is 6.07 Å². The van der Waals surface area contributed by atoms with Gasteiger partial charge in [0.1, 0.15) is 6.04 Å². The molecule has 1 heterocycles. The molecule has 0 bridgehead atoms. The number of methoxy groups -OCH3 is 1. The molecule has 0 aliphatic carbocycles. The number of rotatable bonds is 5. The van der Waals surface area contributed by atoms with Crippen LogP contribution in [0, 0.1) is 11.3 Å². The number of benzene rings is 1. The van der Waals surface area contributed by atoms with E-state index in [2.05, 4.69) is 16.4 Å². The smallest absolute Gasteiger partial charge is 0.328 e. The van der Waals surface area contributed by atoms with Crippen LogP contribution in [0.4, 0.5) is 0 Å². The Morgan fingerprint density at radius 1 is 1.30 bits per heavy atom. The number of amides is 1. The molecule has 6 heteroatoms. The predicted octanol–water partition coefficient (Wildman–Crippen LogP) is 1.47. The summed E-state index contributed by atoms with van der Waals surface area (Å²) in [6.45, 7) is 0. The van der Waals surface area contributed by atoms with E-state index >= 15 is 0 Å². The topological polar surface area (TPSA) is 92.1 Å². The monoisotopic (exact) mass is 309 g/mol. The van der Waals surface area contributed by atoms with Crippen molar-refractivity contribution in [3.05, 3.63) is 65.5 Å². The Bertz CT molecular complexity index is 738. The quantitative estimate of drug-likeness (QED) is 0.844. The SMILES string of the molecule is COC(=O)[C@H](Cc1ccccc1C#N)NC(=O)c1cccnc1. The third kappa shape index (κ3) is 4.14. The molecule has 6 nitrogen and oxygen atoms in total. The van der Waals surface area contributed by atoms with Gasteiger partial charge < -0.3 is 10.1 Å². The highest BCUT2D eigenvalue weighted by Crippen LogP contribution is 2.11. The molecule has 0 aliphatic heterocycles. The van der Waals surface area contributed by atoms with Gasteiger partial charge in [-0.15, -0.1) is 0 Å². The number of esters is 1. The molecule has 0 unspecified atom stereocenters. The van der Waals surface area contributed by atoms with Crippen LogP contribution in [0.25, 0.3) is 0 Å². The number of carbonyl (C=O) groups excluding carboxylic acids is 2. The molecular formula is C17H15N3O3. The average Bonchev–Trinajstić information content (AvgIpc) is 2.61. The molecule has 1 atom stereocenters. The van der Waals surface area contributed by atoms with Gasteiger partial charge in [0.15, 0.2) is 0 Å². The molecule has 1 amide bonds. The zero-order chi connectivity index (χ0) is 16.7. The molecule has 1 N–H and O–H groups in total. The molecule has 0 aliphatic rings. The van der Waals surface area contributed by atoms with Crippen LogP contribution in [-0.2, 0) is 16.0 Å². The number of nitriles is 1. The zero-order valence-corrected chi connectivity index (χ0v) is 12.5. The molecule has 0 saturated carbocycles. The van der Waals surface area contributed by atoms with E-state index in [0.29, 0.717) is 16.7 Å². The lowest BCUT2D eigenvalue weighted by molar-refractivity contribution is -0.142. The zero-order valence-electron chi connectivity index (χ0n) is 12.5. The highest BCUT2D eigenvalue weighted by atomic mass is 16.5. The maximum Gasteiger partial charge on any atom is 0.328 e. The van der Waals surface area contributed by atoms with E-state index < -0.39 is 17.9 Å². The van der Waals surface area contributed by atoms with Crippen molar-refractivity contribution in [1.29, 1.82) is 5.26 Å². The third-order valence-electron chi connectivity index (χ3n) is 3.28. The minimum atomic E-state index is -0.887. The van der Waals surface area contributed by atoms with Gasteiger partial charge in [-0.1, -0.05) is 18.2 Å². The number of hydrogen-bond donors (Lipinski definition) is 1. The first-order valence-corrected chi connectivity index (χ1v) is 6.92. The molecule has 23 heavy (non-hydrogen) atoms. The van der Waals surface area contributed by atoms with Gasteiger partial charge >= 0.3 is 5.97 Å². The Hall–Kier alpha value is -3.20. The first kappa shape index (κ1) is 16.2. The van der Waals surface area contributed by atoms with E-state index in [1.165, 1.54) is 13.3 Å². The van der Waals surface area contributed by atoms with Crippen LogP contribution in [0.5, 0.6) is 0 Å². The summed E-state index contributed by atoms with van der Waals surface area (Å²) in [7, 11) is 1.25. The van der Waals surface area contributed by atoms with Crippen molar-refractivity contribution < 1.29 is 14.3 Å². The average molecular weight is 309 g/mol. The summed E-state index contributed by atoms with van der Waals surface area (Å²) >= 11 is 0. The second-order valence-corrected chi connectivity index (χ2v) is 4.76. The van der Waals surface area contributed by atoms with E-state index in [4.69, 9.17) is 10.00 Å². The summed E-state index contributed by atoms with van der Waals surface area (Å²) in [5.74, 6) is -1.00. The number of hydrogen-bond acceptors (Lipinski definition) is 5. The minimum absolute atomic E-state index is 0.169. The maximum absolute atomic E-state index is 12.2. The van der Waals surface area contributed by atoms with E-state index in [1.807, 2.05) is 0 Å². The van der Waals surface area contributed by atoms with Gasteiger partial charge in [0, 0.05) is 18.8 Å². The van der Waals surface area contributed by atoms with Gasteiger partial charge in [0.25, 0.3) is 5.91 Å². The first-order chi connectivity index (χ1) is 11.2. The number of nitrogens with one attached hydrogen (secondary N) is 1. The summed E-state index contributed by atoms with van der Waals surface area (Å²) in [4.78, 5) is 28.0. The van der Waals surface area contributed by atoms with Crippen LogP contribution in [-0.4, -0.2) is 30.0 Å². The molecule has 116 valence electrons. The molecule has 2 aromatic rings. The van der Waals surface area contributed by atoms with Crippen LogP contribution < -0.4 is 5.32 Å². The fourth-order valence-electron chi connectivity index (χ4n) is 2.10. The fraction of sp³-hybridized carbons (Fsp3) is 0.176. The minimum Gasteiger partial charge on any atom is -0.467 e. The maximum atomic E-state index is 12.2. The Morgan fingerprint density at radius 2 is 2.09 bits per heavy atom. The van der Waals surface area contributed by atoms with Gasteiger partial charge in [-0.25, -0.2) is 4.79 Å². The van der Waals surface area contributed by atoms with E-state index in [9.17, 15) is 9.59 Å². The van der Waals surface area contributed by atoms with Crippen molar-refractivity contribution in [2.24, 2.45) is 0 Å². The van der Waals surface area contributed by atoms with E-state index in [-0.39, 0.29) is 6.42 Å². The summed E-state index contributed by atoms with van der Waals surface area (Å²) < 4.78 is 4.74. The van der Waals surface area contributed by atoms with E-state index in [0.717, 1.165) is 0 Å². The summed E-state index contributed by atoms with van der Waals surface area (Å²) in [6, 6.07) is 11.3. The number of pyridine rings is 1. The largest absolute Gasteiger partial charge is 0.467 e. The van der Waals surface area contributed by atoms with Crippen molar-refractivity contribution in [2.75, 3.05) is 7.11 Å². The summed E-state index contributed by atoms with van der Waals surface area (Å²) in [6.07, 6.45) is 3.13. The van der Waals surface area contributed by atoms with Crippen LogP contribution >= 0.6 is 0 Å². The van der Waals surface area contributed by atoms with Crippen molar-refractivity contribution >= 4 is 11.9 Å². The lowest BCUT2D eigenvalue weighted by Gasteiger charge is -2.17. The molecule has 0 spiro atoms. The summed E-state index contributed by atoms with van der Waals surface area (Å²) in [5.41, 5.74) is 1.46. The highest BCUT2D eigenvalue weighted by Gasteiger charge is 2.23. The standard InChI is InChI=1S/C17H15N3O3/c1-23-17(22)15(9-12-5-2-3-6-13(12)10-18)20-16(21)14-7-4-8-19-11-14/h2-8,11,15H,9H2,1H3,(H,20,21)/t15-/m0/s1. The van der Waals surface area contributed by atoms with Crippen LogP contribution in [0.3, 0.4) is 0 Å². The van der Waals surface area contributed by atoms with Crippen molar-refractivity contribution in [1.82, 2.24) is 10.3 Å². The van der Waals surface area contributed by atoms with Gasteiger partial charge in [0.2, 0.25) is 0 Å². The fourth-order valence-corrected chi connectivity index (χ4v) is 2.10. The molecule has 1 aromatic carbocycles. The third-order valence-corrected chi connectivity index (χ3v) is 3.28. The van der Waals surface area contributed by atoms with Gasteiger partial charge in [0.05, 0.1) is 24.3 Å². The normalized spacial score (nSPS) is 11.1. The van der Waals surface area contributed by atoms with Crippen LogP contribution in [0.15, 0.2) is 48.8 Å². The number of aromatic nitrogens is 1. The molecule has 2 rings (SSSR count). The second kappa shape index (κ2) is 7.71. The Balaban J connectivity index is 2.20. The van der Waals surface area contributed by atoms with E-state index in [1.54, 1.807) is 42.6 Å². The predicted molar refractivity (Wildman–Crippen MR) is 82.4 cm³/mol. The van der Waals surface area contributed by atoms with Crippen LogP contribution in [0.2, 0.25) is 0 Å². The molecule has 1 aromatic heterocycles.